The molecule has 2 nitrogen and oxygen atoms in total. The molecule has 0 bridgehead atoms. The molecule has 4 heteroatoms. The fourth-order valence-corrected chi connectivity index (χ4v) is 4.77. The van der Waals surface area contributed by atoms with Gasteiger partial charge in [0.05, 0.1) is 0 Å². The third-order valence-electron chi connectivity index (χ3n) is 3.21. The van der Waals surface area contributed by atoms with Crippen molar-refractivity contribution in [3.8, 4) is 0 Å². The van der Waals surface area contributed by atoms with Gasteiger partial charge in [-0.15, -0.1) is 0 Å². The van der Waals surface area contributed by atoms with Crippen molar-refractivity contribution in [2.24, 2.45) is 0 Å². The molecule has 0 aliphatic heterocycles. The van der Waals surface area contributed by atoms with Crippen molar-refractivity contribution in [2.75, 3.05) is 0 Å². The van der Waals surface area contributed by atoms with Crippen molar-refractivity contribution >= 4 is 42.0 Å². The second-order valence-electron chi connectivity index (χ2n) is 4.47. The van der Waals surface area contributed by atoms with Crippen molar-refractivity contribution in [3.05, 3.63) is 85.1 Å². The van der Waals surface area contributed by atoms with E-state index in [1.165, 1.54) is 0 Å². The van der Waals surface area contributed by atoms with Gasteiger partial charge in [-0.1, -0.05) is 66.7 Å². The molecule has 1 aromatic heterocycles. The Morgan fingerprint density at radius 3 is 1.57 bits per heavy atom. The van der Waals surface area contributed by atoms with Crippen LogP contribution in [0, 0.1) is 0 Å². The van der Waals surface area contributed by atoms with Crippen molar-refractivity contribution in [1.29, 1.82) is 0 Å². The zero-order valence-corrected chi connectivity index (χ0v) is 12.8. The number of hydrogen-bond donors (Lipinski definition) is 0. The van der Waals surface area contributed by atoms with Crippen LogP contribution >= 0.6 is 7.14 Å². The summed E-state index contributed by atoms with van der Waals surface area (Å²) in [4.78, 5) is 4.34. The van der Waals surface area contributed by atoms with Gasteiger partial charge in [-0.2, -0.15) is 0 Å². The van der Waals surface area contributed by atoms with Gasteiger partial charge in [0.1, 0.15) is 5.44 Å². The van der Waals surface area contributed by atoms with Gasteiger partial charge < -0.3 is 4.57 Å². The molecule has 2 aromatic carbocycles. The Morgan fingerprint density at radius 2 is 1.14 bits per heavy atom. The molecule has 1 heterocycles. The average molecular weight is 286 g/mol. The first-order valence-electron chi connectivity index (χ1n) is 6.45. The number of pyridine rings is 1. The van der Waals surface area contributed by atoms with Gasteiger partial charge in [-0.3, -0.25) is 4.98 Å². The first-order chi connectivity index (χ1) is 9.82. The van der Waals surface area contributed by atoms with E-state index in [9.17, 15) is 4.57 Å². The van der Waals surface area contributed by atoms with E-state index >= 15 is 0 Å². The van der Waals surface area contributed by atoms with Crippen LogP contribution in [0.25, 0.3) is 0 Å². The Morgan fingerprint density at radius 1 is 0.667 bits per heavy atom. The minimum Gasteiger partial charge on any atom is -0.307 e. The Bertz CT molecular complexity index is 629. The maximum atomic E-state index is 13.8. The molecule has 3 aromatic rings. The molecular weight excluding hydrogens is 272 g/mol. The third kappa shape index (κ3) is 3.04. The molecule has 0 saturated carbocycles. The maximum Gasteiger partial charge on any atom is 0.188 e. The molecule has 3 rings (SSSR count). The summed E-state index contributed by atoms with van der Waals surface area (Å²) in [6.07, 6.45) is 1.69. The Labute approximate surface area is 136 Å². The maximum absolute atomic E-state index is 13.8. The Kier molecular flexibility index (Phi) is 5.21. The zero-order valence-electron chi connectivity index (χ0n) is 11.9. The number of nitrogens with zero attached hydrogens (tertiary/aromatic N) is 1. The van der Waals surface area contributed by atoms with Crippen LogP contribution in [0.4, 0.5) is 0 Å². The zero-order chi connectivity index (χ0) is 13.8. The standard InChI is InChI=1S/C17H14NOP.Li/c19-20(15-9-3-1-4-10-15,16-11-5-2-6-12-16)17-13-7-8-14-18-17;/h1-14H;. The van der Waals surface area contributed by atoms with Gasteiger partial charge >= 0.3 is 0 Å². The Balaban J connectivity index is 0.00000161. The summed E-state index contributed by atoms with van der Waals surface area (Å²) in [5.41, 5.74) is 0.623. The molecule has 0 N–H and O–H groups in total. The van der Waals surface area contributed by atoms with E-state index in [1.54, 1.807) is 6.20 Å². The van der Waals surface area contributed by atoms with Crippen molar-refractivity contribution in [1.82, 2.24) is 4.98 Å². The van der Waals surface area contributed by atoms with E-state index in [0.29, 0.717) is 5.44 Å². The number of benzene rings is 2. The second-order valence-corrected chi connectivity index (χ2v) is 7.18. The van der Waals surface area contributed by atoms with Gasteiger partial charge in [0.2, 0.25) is 0 Å². The monoisotopic (exact) mass is 286 g/mol. The molecule has 0 aliphatic carbocycles. The number of rotatable bonds is 3. The van der Waals surface area contributed by atoms with E-state index < -0.39 is 7.14 Å². The van der Waals surface area contributed by atoms with E-state index in [0.717, 1.165) is 10.6 Å². The summed E-state index contributed by atoms with van der Waals surface area (Å²) in [5, 5.41) is 1.62. The molecular formula is C17H14LiNOP. The summed E-state index contributed by atoms with van der Waals surface area (Å²) in [7, 11) is -2.89. The molecule has 0 atom stereocenters. The fraction of sp³-hybridized carbons (Fsp3) is 0. The van der Waals surface area contributed by atoms with Gasteiger partial charge in [0.25, 0.3) is 0 Å². The second kappa shape index (κ2) is 6.92. The molecule has 21 heavy (non-hydrogen) atoms. The molecule has 0 spiro atoms. The van der Waals surface area contributed by atoms with Gasteiger partial charge in [0.15, 0.2) is 7.14 Å². The van der Waals surface area contributed by atoms with Crippen molar-refractivity contribution in [3.63, 3.8) is 0 Å². The summed E-state index contributed by atoms with van der Waals surface area (Å²) in [6, 6.07) is 24.7. The molecule has 0 fully saturated rings. The summed E-state index contributed by atoms with van der Waals surface area (Å²) in [5.74, 6) is 0. The minimum atomic E-state index is -2.89. The largest absolute Gasteiger partial charge is 0.307 e. The van der Waals surface area contributed by atoms with Crippen molar-refractivity contribution in [2.45, 2.75) is 0 Å². The van der Waals surface area contributed by atoms with Crippen LogP contribution < -0.4 is 16.0 Å². The summed E-state index contributed by atoms with van der Waals surface area (Å²) < 4.78 is 13.8. The molecule has 0 unspecified atom stereocenters. The number of aromatic nitrogens is 1. The van der Waals surface area contributed by atoms with Crippen LogP contribution in [-0.2, 0) is 4.57 Å². The van der Waals surface area contributed by atoms with E-state index in [2.05, 4.69) is 4.98 Å². The first-order valence-corrected chi connectivity index (χ1v) is 8.15. The third-order valence-corrected chi connectivity index (χ3v) is 6.17. The molecule has 0 saturated heterocycles. The van der Waals surface area contributed by atoms with Gasteiger partial charge in [0, 0.05) is 35.7 Å². The predicted molar refractivity (Wildman–Crippen MR) is 89.4 cm³/mol. The summed E-state index contributed by atoms with van der Waals surface area (Å²) >= 11 is 0. The van der Waals surface area contributed by atoms with Crippen LogP contribution in [0.1, 0.15) is 0 Å². The normalized spacial score (nSPS) is 10.7. The smallest absolute Gasteiger partial charge is 0.188 e. The number of hydrogen-bond acceptors (Lipinski definition) is 2. The van der Waals surface area contributed by atoms with Crippen LogP contribution in [-0.4, -0.2) is 23.8 Å². The van der Waals surface area contributed by atoms with E-state index in [1.807, 2.05) is 78.9 Å². The SMILES string of the molecule is O=P(c1ccccc1)(c1ccccc1)c1ccccn1.[Li]. The quantitative estimate of drug-likeness (QED) is 0.546. The topological polar surface area (TPSA) is 30.0 Å². The molecule has 0 amide bonds. The first kappa shape index (κ1) is 15.8. The molecule has 1 radical (unpaired) electrons. The Hall–Kier alpha value is -1.58. The van der Waals surface area contributed by atoms with Gasteiger partial charge in [-0.05, 0) is 12.1 Å². The van der Waals surface area contributed by atoms with Gasteiger partial charge in [-0.25, -0.2) is 0 Å². The van der Waals surface area contributed by atoms with Crippen LogP contribution in [0.3, 0.4) is 0 Å². The summed E-state index contributed by atoms with van der Waals surface area (Å²) in [6.45, 7) is 0. The van der Waals surface area contributed by atoms with Crippen molar-refractivity contribution < 1.29 is 4.57 Å². The average Bonchev–Trinajstić information content (AvgIpc) is 2.56. The van der Waals surface area contributed by atoms with Crippen LogP contribution in [0.2, 0.25) is 0 Å². The molecule has 0 aliphatic rings. The van der Waals surface area contributed by atoms with Crippen LogP contribution in [0.15, 0.2) is 85.1 Å². The minimum absolute atomic E-state index is 0. The molecule has 99 valence electrons. The van der Waals surface area contributed by atoms with Crippen LogP contribution in [0.5, 0.6) is 0 Å². The van der Waals surface area contributed by atoms with E-state index in [-0.39, 0.29) is 18.9 Å². The predicted octanol–water partition coefficient (Wildman–Crippen LogP) is 2.34. The fourth-order valence-electron chi connectivity index (χ4n) is 2.23. The van der Waals surface area contributed by atoms with E-state index in [4.69, 9.17) is 0 Å².